The van der Waals surface area contributed by atoms with Gasteiger partial charge in [-0.05, 0) is 19.0 Å². The van der Waals surface area contributed by atoms with Crippen LogP contribution < -0.4 is 5.69 Å². The number of likely N-dealkylation sites (N-methyl/N-ethyl adjacent to an activating group) is 1. The van der Waals surface area contributed by atoms with Crippen molar-refractivity contribution < 1.29 is 4.79 Å². The monoisotopic (exact) mass is 343 g/mol. The normalized spacial score (nSPS) is 15.5. The molecule has 1 amide bonds. The molecule has 0 atom stereocenters. The first kappa shape index (κ1) is 17.4. The van der Waals surface area contributed by atoms with Crippen molar-refractivity contribution in [3.05, 3.63) is 52.2 Å². The molecule has 7 heteroatoms. The van der Waals surface area contributed by atoms with Gasteiger partial charge in [0.2, 0.25) is 5.91 Å². The van der Waals surface area contributed by atoms with Crippen molar-refractivity contribution in [2.24, 2.45) is 0 Å². The molecule has 3 rings (SSSR count). The van der Waals surface area contributed by atoms with Gasteiger partial charge in [0.1, 0.15) is 12.4 Å². The van der Waals surface area contributed by atoms with Gasteiger partial charge in [-0.1, -0.05) is 37.3 Å². The molecule has 0 spiro atoms. The molecule has 0 radical (unpaired) electrons. The summed E-state index contributed by atoms with van der Waals surface area (Å²) >= 11 is 0. The van der Waals surface area contributed by atoms with E-state index in [1.165, 1.54) is 4.68 Å². The van der Waals surface area contributed by atoms with Gasteiger partial charge >= 0.3 is 5.69 Å². The van der Waals surface area contributed by atoms with Crippen molar-refractivity contribution in [2.75, 3.05) is 32.7 Å². The molecule has 2 aromatic rings. The molecule has 134 valence electrons. The Morgan fingerprint density at radius 2 is 1.80 bits per heavy atom. The average Bonchev–Trinajstić information content (AvgIpc) is 2.90. The molecule has 0 N–H and O–H groups in total. The third-order valence-corrected chi connectivity index (χ3v) is 4.75. The second-order valence-corrected chi connectivity index (χ2v) is 6.37. The summed E-state index contributed by atoms with van der Waals surface area (Å²) in [5.41, 5.74) is 0.802. The number of aromatic nitrogens is 3. The van der Waals surface area contributed by atoms with E-state index < -0.39 is 0 Å². The summed E-state index contributed by atoms with van der Waals surface area (Å²) < 4.78 is 2.89. The number of piperazine rings is 1. The van der Waals surface area contributed by atoms with Gasteiger partial charge in [-0.3, -0.25) is 9.36 Å². The number of aryl methyl sites for hydroxylation is 1. The van der Waals surface area contributed by atoms with E-state index in [9.17, 15) is 9.59 Å². The maximum Gasteiger partial charge on any atom is 0.346 e. The largest absolute Gasteiger partial charge is 0.346 e. The Hall–Kier alpha value is -2.41. The molecule has 0 saturated carbocycles. The lowest BCUT2D eigenvalue weighted by atomic mass is 10.2. The maximum absolute atomic E-state index is 12.6. The summed E-state index contributed by atoms with van der Waals surface area (Å²) in [6.07, 6.45) is 0. The Labute approximate surface area is 147 Å². The molecule has 1 saturated heterocycles. The lowest BCUT2D eigenvalue weighted by molar-refractivity contribution is -0.133. The van der Waals surface area contributed by atoms with Gasteiger partial charge in [0.05, 0.1) is 6.54 Å². The summed E-state index contributed by atoms with van der Waals surface area (Å²) in [4.78, 5) is 29.2. The molecule has 25 heavy (non-hydrogen) atoms. The lowest BCUT2D eigenvalue weighted by Gasteiger charge is -2.33. The number of rotatable bonds is 5. The maximum atomic E-state index is 12.6. The van der Waals surface area contributed by atoms with Gasteiger partial charge in [-0.2, -0.15) is 5.10 Å². The second-order valence-electron chi connectivity index (χ2n) is 6.37. The minimum absolute atomic E-state index is 0.00753. The molecule has 7 nitrogen and oxygen atoms in total. The molecule has 0 aliphatic carbocycles. The molecule has 2 heterocycles. The number of carbonyl (C=O) groups excluding carboxylic acids is 1. The molecule has 0 unspecified atom stereocenters. The molecule has 1 aromatic heterocycles. The predicted octanol–water partition coefficient (Wildman–Crippen LogP) is 0.566. The highest BCUT2D eigenvalue weighted by Crippen LogP contribution is 2.04. The van der Waals surface area contributed by atoms with Crippen molar-refractivity contribution in [3.8, 4) is 0 Å². The van der Waals surface area contributed by atoms with Crippen LogP contribution in [-0.2, 0) is 17.9 Å². The van der Waals surface area contributed by atoms with E-state index in [4.69, 9.17) is 0 Å². The fourth-order valence-corrected chi connectivity index (χ4v) is 3.14. The van der Waals surface area contributed by atoms with Crippen LogP contribution in [0.5, 0.6) is 0 Å². The second kappa shape index (κ2) is 7.65. The van der Waals surface area contributed by atoms with Crippen LogP contribution in [0.1, 0.15) is 18.3 Å². The van der Waals surface area contributed by atoms with Gasteiger partial charge in [0.15, 0.2) is 0 Å². The van der Waals surface area contributed by atoms with Gasteiger partial charge in [0.25, 0.3) is 0 Å². The number of hydrogen-bond donors (Lipinski definition) is 0. The standard InChI is InChI=1S/C18H25N5O2/c1-3-20-9-11-21(12-10-20)17(24)14-23-18(25)22(15(2)19-23)13-16-7-5-4-6-8-16/h4-8H,3,9-14H2,1-2H3. The fraction of sp³-hybridized carbons (Fsp3) is 0.500. The minimum Gasteiger partial charge on any atom is -0.339 e. The first-order valence-electron chi connectivity index (χ1n) is 8.76. The Balaban J connectivity index is 1.68. The van der Waals surface area contributed by atoms with E-state index >= 15 is 0 Å². The van der Waals surface area contributed by atoms with Crippen LogP contribution in [0.4, 0.5) is 0 Å². The zero-order valence-electron chi connectivity index (χ0n) is 14.9. The Kier molecular flexibility index (Phi) is 5.33. The van der Waals surface area contributed by atoms with Gasteiger partial charge in [0, 0.05) is 26.2 Å². The van der Waals surface area contributed by atoms with E-state index in [-0.39, 0.29) is 18.1 Å². The smallest absolute Gasteiger partial charge is 0.339 e. The highest BCUT2D eigenvalue weighted by Gasteiger charge is 2.22. The highest BCUT2D eigenvalue weighted by molar-refractivity contribution is 5.76. The van der Waals surface area contributed by atoms with Gasteiger partial charge < -0.3 is 9.80 Å². The van der Waals surface area contributed by atoms with Crippen LogP contribution in [0.3, 0.4) is 0 Å². The summed E-state index contributed by atoms with van der Waals surface area (Å²) in [6, 6.07) is 9.78. The quantitative estimate of drug-likeness (QED) is 0.796. The van der Waals surface area contributed by atoms with Gasteiger partial charge in [-0.25, -0.2) is 9.48 Å². The highest BCUT2D eigenvalue weighted by atomic mass is 16.2. The van der Waals surface area contributed by atoms with Crippen molar-refractivity contribution in [3.63, 3.8) is 0 Å². The topological polar surface area (TPSA) is 63.4 Å². The third-order valence-electron chi connectivity index (χ3n) is 4.75. The van der Waals surface area contributed by atoms with Crippen LogP contribution in [-0.4, -0.2) is 62.8 Å². The summed E-state index contributed by atoms with van der Waals surface area (Å²) in [7, 11) is 0. The Morgan fingerprint density at radius 3 is 2.44 bits per heavy atom. The molecule has 1 fully saturated rings. The molecular formula is C18H25N5O2. The summed E-state index contributed by atoms with van der Waals surface area (Å²) in [5, 5.41) is 4.28. The van der Waals surface area contributed by atoms with E-state index in [2.05, 4.69) is 16.9 Å². The zero-order valence-corrected chi connectivity index (χ0v) is 14.9. The lowest BCUT2D eigenvalue weighted by Crippen LogP contribution is -2.49. The van der Waals surface area contributed by atoms with E-state index in [1.54, 1.807) is 11.5 Å². The third kappa shape index (κ3) is 3.99. The molecule has 1 aliphatic heterocycles. The number of carbonyl (C=O) groups is 1. The average molecular weight is 343 g/mol. The number of benzene rings is 1. The Bertz CT molecular complexity index is 773. The van der Waals surface area contributed by atoms with Crippen molar-refractivity contribution in [2.45, 2.75) is 26.9 Å². The van der Waals surface area contributed by atoms with Crippen LogP contribution in [0.2, 0.25) is 0 Å². The van der Waals surface area contributed by atoms with Crippen LogP contribution in [0, 0.1) is 6.92 Å². The van der Waals surface area contributed by atoms with E-state index in [0.29, 0.717) is 25.5 Å². The first-order valence-corrected chi connectivity index (χ1v) is 8.76. The van der Waals surface area contributed by atoms with Crippen molar-refractivity contribution in [1.82, 2.24) is 24.1 Å². The van der Waals surface area contributed by atoms with Crippen molar-refractivity contribution >= 4 is 5.91 Å². The molecular weight excluding hydrogens is 318 g/mol. The molecule has 1 aliphatic rings. The fourth-order valence-electron chi connectivity index (χ4n) is 3.14. The summed E-state index contributed by atoms with van der Waals surface area (Å²) in [5.74, 6) is 0.583. The van der Waals surface area contributed by atoms with Crippen LogP contribution in [0.25, 0.3) is 0 Å². The SMILES string of the molecule is CCN1CCN(C(=O)Cn2nc(C)n(Cc3ccccc3)c2=O)CC1. The molecule has 0 bridgehead atoms. The number of amides is 1. The van der Waals surface area contributed by atoms with E-state index in [1.807, 2.05) is 35.2 Å². The minimum atomic E-state index is -0.234. The van der Waals surface area contributed by atoms with Crippen LogP contribution in [0.15, 0.2) is 35.1 Å². The van der Waals surface area contributed by atoms with Crippen molar-refractivity contribution in [1.29, 1.82) is 0 Å². The number of hydrogen-bond acceptors (Lipinski definition) is 4. The zero-order chi connectivity index (χ0) is 17.8. The predicted molar refractivity (Wildman–Crippen MR) is 95.5 cm³/mol. The van der Waals surface area contributed by atoms with E-state index in [0.717, 1.165) is 25.2 Å². The van der Waals surface area contributed by atoms with Crippen LogP contribution >= 0.6 is 0 Å². The Morgan fingerprint density at radius 1 is 1.12 bits per heavy atom. The van der Waals surface area contributed by atoms with Gasteiger partial charge in [-0.15, -0.1) is 0 Å². The first-order chi connectivity index (χ1) is 12.1. The number of nitrogens with zero attached hydrogens (tertiary/aromatic N) is 5. The summed E-state index contributed by atoms with van der Waals surface area (Å²) in [6.45, 7) is 8.60. The molecule has 1 aromatic carbocycles.